The van der Waals surface area contributed by atoms with E-state index in [9.17, 15) is 0 Å². The van der Waals surface area contributed by atoms with E-state index in [1.54, 1.807) is 25.5 Å². The van der Waals surface area contributed by atoms with Crippen LogP contribution in [0.2, 0.25) is 0 Å². The molecule has 0 saturated carbocycles. The molecule has 0 atom stereocenters. The normalized spacial score (nSPS) is 11.1. The van der Waals surface area contributed by atoms with Gasteiger partial charge in [-0.2, -0.15) is 0 Å². The molecule has 8 heteroatoms. The van der Waals surface area contributed by atoms with E-state index in [2.05, 4.69) is 52.7 Å². The van der Waals surface area contributed by atoms with Crippen molar-refractivity contribution in [3.8, 4) is 5.75 Å². The Kier molecular flexibility index (Phi) is 11.4. The van der Waals surface area contributed by atoms with Gasteiger partial charge in [-0.15, -0.1) is 35.3 Å². The Hall–Kier alpha value is -1.39. The summed E-state index contributed by atoms with van der Waals surface area (Å²) in [5.74, 6) is 1.65. The lowest BCUT2D eigenvalue weighted by atomic mass is 10.1. The van der Waals surface area contributed by atoms with Crippen LogP contribution in [0.1, 0.15) is 33.1 Å². The van der Waals surface area contributed by atoms with Crippen LogP contribution in [-0.2, 0) is 17.8 Å². The minimum absolute atomic E-state index is 0. The molecule has 0 spiro atoms. The van der Waals surface area contributed by atoms with Crippen LogP contribution in [0, 0.1) is 20.8 Å². The molecule has 2 aromatic rings. The van der Waals surface area contributed by atoms with Crippen LogP contribution < -0.4 is 15.4 Å². The smallest absolute Gasteiger partial charge is 0.191 e. The summed E-state index contributed by atoms with van der Waals surface area (Å²) >= 11 is 1.71. The van der Waals surface area contributed by atoms with Crippen LogP contribution >= 0.6 is 35.3 Å². The first-order valence-electron chi connectivity index (χ1n) is 9.12. The monoisotopic (exact) mass is 518 g/mol. The Bertz CT molecular complexity index is 745. The molecule has 6 nitrogen and oxygen atoms in total. The highest BCUT2D eigenvalue weighted by Crippen LogP contribution is 2.20. The zero-order chi connectivity index (χ0) is 19.6. The standard InChI is InChI=1S/C20H30N4O2S.HI/c1-14-7-8-17(18(11-14)26-10-6-9-25-5)12-22-20(21-4)23-13-19-24-15(2)16(3)27-19;/h7-8,11H,6,9-10,12-13H2,1-5H3,(H2,21,22,23);1H. The minimum atomic E-state index is 0. The van der Waals surface area contributed by atoms with Crippen molar-refractivity contribution in [2.24, 2.45) is 4.99 Å². The van der Waals surface area contributed by atoms with Crippen LogP contribution in [0.4, 0.5) is 0 Å². The third-order valence-electron chi connectivity index (χ3n) is 4.12. The van der Waals surface area contributed by atoms with Crippen LogP contribution in [-0.4, -0.2) is 38.3 Å². The second-order valence-electron chi connectivity index (χ2n) is 6.33. The Morgan fingerprint density at radius 2 is 1.89 bits per heavy atom. The molecule has 1 aromatic carbocycles. The number of hydrogen-bond acceptors (Lipinski definition) is 5. The van der Waals surface area contributed by atoms with Crippen molar-refractivity contribution in [1.82, 2.24) is 15.6 Å². The zero-order valence-electron chi connectivity index (χ0n) is 17.3. The number of methoxy groups -OCH3 is 1. The Morgan fingerprint density at radius 1 is 1.14 bits per heavy atom. The number of nitrogens with zero attached hydrogens (tertiary/aromatic N) is 2. The Labute approximate surface area is 189 Å². The summed E-state index contributed by atoms with van der Waals surface area (Å²) in [6.07, 6.45) is 0.868. The van der Waals surface area contributed by atoms with Crippen molar-refractivity contribution >= 4 is 41.3 Å². The summed E-state index contributed by atoms with van der Waals surface area (Å²) in [4.78, 5) is 10.1. The molecule has 0 amide bonds. The van der Waals surface area contributed by atoms with E-state index >= 15 is 0 Å². The third kappa shape index (κ3) is 7.92. The molecule has 0 aliphatic rings. The van der Waals surface area contributed by atoms with Crippen molar-refractivity contribution in [3.05, 3.63) is 44.9 Å². The highest BCUT2D eigenvalue weighted by atomic mass is 127. The van der Waals surface area contributed by atoms with E-state index in [0.29, 0.717) is 26.3 Å². The average molecular weight is 518 g/mol. The molecule has 0 radical (unpaired) electrons. The van der Waals surface area contributed by atoms with Crippen molar-refractivity contribution in [2.75, 3.05) is 27.4 Å². The highest BCUT2D eigenvalue weighted by Gasteiger charge is 2.08. The summed E-state index contributed by atoms with van der Waals surface area (Å²) in [5.41, 5.74) is 3.37. The molecule has 28 heavy (non-hydrogen) atoms. The van der Waals surface area contributed by atoms with Crippen LogP contribution in [0.5, 0.6) is 5.75 Å². The van der Waals surface area contributed by atoms with Gasteiger partial charge in [0.15, 0.2) is 5.96 Å². The van der Waals surface area contributed by atoms with E-state index in [1.807, 2.05) is 6.92 Å². The topological polar surface area (TPSA) is 67.8 Å². The van der Waals surface area contributed by atoms with Crippen molar-refractivity contribution in [3.63, 3.8) is 0 Å². The minimum Gasteiger partial charge on any atom is -0.493 e. The quantitative estimate of drug-likeness (QED) is 0.228. The second kappa shape index (κ2) is 12.9. The predicted molar refractivity (Wildman–Crippen MR) is 127 cm³/mol. The fraction of sp³-hybridized carbons (Fsp3) is 0.500. The average Bonchev–Trinajstić information content (AvgIpc) is 2.98. The van der Waals surface area contributed by atoms with E-state index in [-0.39, 0.29) is 24.0 Å². The fourth-order valence-corrected chi connectivity index (χ4v) is 3.37. The van der Waals surface area contributed by atoms with Crippen LogP contribution in [0.25, 0.3) is 0 Å². The summed E-state index contributed by atoms with van der Waals surface area (Å²) in [6.45, 7) is 8.83. The van der Waals surface area contributed by atoms with E-state index in [1.165, 1.54) is 10.4 Å². The number of ether oxygens (including phenoxy) is 2. The van der Waals surface area contributed by atoms with Gasteiger partial charge in [0.2, 0.25) is 0 Å². The van der Waals surface area contributed by atoms with Gasteiger partial charge in [0, 0.05) is 44.2 Å². The van der Waals surface area contributed by atoms with Gasteiger partial charge in [-0.1, -0.05) is 12.1 Å². The SMILES string of the molecule is CN=C(NCc1nc(C)c(C)s1)NCc1ccc(C)cc1OCCCOC.I. The van der Waals surface area contributed by atoms with Gasteiger partial charge in [0.1, 0.15) is 10.8 Å². The number of nitrogens with one attached hydrogen (secondary N) is 2. The summed E-state index contributed by atoms with van der Waals surface area (Å²) in [7, 11) is 3.47. The van der Waals surface area contributed by atoms with E-state index in [0.717, 1.165) is 34.4 Å². The predicted octanol–water partition coefficient (Wildman–Crippen LogP) is 3.97. The molecular formula is C20H31IN4O2S. The maximum Gasteiger partial charge on any atom is 0.191 e. The maximum absolute atomic E-state index is 5.94. The number of thiazole rings is 1. The first kappa shape index (κ1) is 24.6. The maximum atomic E-state index is 5.94. The number of aromatic nitrogens is 1. The van der Waals surface area contributed by atoms with Gasteiger partial charge in [-0.05, 0) is 32.4 Å². The van der Waals surface area contributed by atoms with Crippen molar-refractivity contribution < 1.29 is 9.47 Å². The van der Waals surface area contributed by atoms with Crippen molar-refractivity contribution in [1.29, 1.82) is 0 Å². The molecule has 1 heterocycles. The van der Waals surface area contributed by atoms with Gasteiger partial charge >= 0.3 is 0 Å². The lowest BCUT2D eigenvalue weighted by Gasteiger charge is -2.15. The summed E-state index contributed by atoms with van der Waals surface area (Å²) < 4.78 is 11.0. The van der Waals surface area contributed by atoms with Crippen LogP contribution in [0.3, 0.4) is 0 Å². The molecule has 0 aliphatic carbocycles. The summed E-state index contributed by atoms with van der Waals surface area (Å²) in [6, 6.07) is 6.26. The lowest BCUT2D eigenvalue weighted by molar-refractivity contribution is 0.171. The molecule has 0 unspecified atom stereocenters. The third-order valence-corrected chi connectivity index (χ3v) is 5.20. The molecule has 2 N–H and O–H groups in total. The first-order valence-corrected chi connectivity index (χ1v) is 9.93. The Morgan fingerprint density at radius 3 is 2.54 bits per heavy atom. The zero-order valence-corrected chi connectivity index (χ0v) is 20.4. The number of aliphatic imine (C=N–C) groups is 1. The van der Waals surface area contributed by atoms with Gasteiger partial charge < -0.3 is 20.1 Å². The largest absolute Gasteiger partial charge is 0.493 e. The second-order valence-corrected chi connectivity index (χ2v) is 7.62. The highest BCUT2D eigenvalue weighted by molar-refractivity contribution is 14.0. The molecule has 2 rings (SSSR count). The summed E-state index contributed by atoms with van der Waals surface area (Å²) in [5, 5.41) is 7.73. The molecular weight excluding hydrogens is 487 g/mol. The van der Waals surface area contributed by atoms with E-state index in [4.69, 9.17) is 9.47 Å². The number of aryl methyl sites for hydroxylation is 3. The van der Waals surface area contributed by atoms with Gasteiger partial charge in [-0.25, -0.2) is 4.98 Å². The number of benzene rings is 1. The molecule has 0 bridgehead atoms. The van der Waals surface area contributed by atoms with Crippen LogP contribution in [0.15, 0.2) is 23.2 Å². The lowest BCUT2D eigenvalue weighted by Crippen LogP contribution is -2.36. The first-order chi connectivity index (χ1) is 13.0. The molecule has 156 valence electrons. The number of guanidine groups is 1. The van der Waals surface area contributed by atoms with Crippen molar-refractivity contribution in [2.45, 2.75) is 40.3 Å². The molecule has 0 aliphatic heterocycles. The van der Waals surface area contributed by atoms with Gasteiger partial charge in [0.05, 0.1) is 18.8 Å². The van der Waals surface area contributed by atoms with Gasteiger partial charge in [0.25, 0.3) is 0 Å². The van der Waals surface area contributed by atoms with Gasteiger partial charge in [-0.3, -0.25) is 4.99 Å². The number of hydrogen-bond donors (Lipinski definition) is 2. The number of rotatable bonds is 9. The fourth-order valence-electron chi connectivity index (χ4n) is 2.50. The van der Waals surface area contributed by atoms with E-state index < -0.39 is 0 Å². The molecule has 0 fully saturated rings. The Balaban J connectivity index is 0.00000392. The molecule has 1 aromatic heterocycles. The molecule has 0 saturated heterocycles. The number of halogens is 1.